The Hall–Kier alpha value is -1.81. The van der Waals surface area contributed by atoms with E-state index in [-0.39, 0.29) is 0 Å². The summed E-state index contributed by atoms with van der Waals surface area (Å²) in [6.07, 6.45) is 8.90. The van der Waals surface area contributed by atoms with E-state index in [4.69, 9.17) is 21.6 Å². The Kier molecular flexibility index (Phi) is 5.07. The van der Waals surface area contributed by atoms with E-state index in [0.717, 1.165) is 22.4 Å². The van der Waals surface area contributed by atoms with Crippen LogP contribution in [0.5, 0.6) is 0 Å². The molecule has 0 spiro atoms. The zero-order valence-electron chi connectivity index (χ0n) is 14.5. The molecule has 1 aromatic heterocycles. The smallest absolute Gasteiger partial charge is 0.225 e. The molecule has 2 aromatic rings. The van der Waals surface area contributed by atoms with Crippen LogP contribution in [0.3, 0.4) is 0 Å². The molecule has 0 atom stereocenters. The fraction of sp³-hybridized carbons (Fsp3) is 0.500. The van der Waals surface area contributed by atoms with Crippen molar-refractivity contribution >= 4 is 23.4 Å². The van der Waals surface area contributed by atoms with Gasteiger partial charge in [0.05, 0.1) is 5.69 Å². The minimum absolute atomic E-state index is 0.518. The molecule has 2 saturated carbocycles. The maximum absolute atomic E-state index is 6.07. The van der Waals surface area contributed by atoms with Gasteiger partial charge in [0.2, 0.25) is 5.95 Å². The van der Waals surface area contributed by atoms with Crippen LogP contribution >= 0.6 is 11.6 Å². The van der Waals surface area contributed by atoms with E-state index in [0.29, 0.717) is 18.5 Å². The summed E-state index contributed by atoms with van der Waals surface area (Å²) < 4.78 is 0. The highest BCUT2D eigenvalue weighted by molar-refractivity contribution is 6.30. The number of nitrogens with zero attached hydrogens (tertiary/aromatic N) is 2. The Morgan fingerprint density at radius 1 is 1.00 bits per heavy atom. The van der Waals surface area contributed by atoms with Gasteiger partial charge in [0.15, 0.2) is 0 Å². The Labute approximate surface area is 154 Å². The average molecular weight is 357 g/mol. The SMILES string of the molecule is Clc1cccc(CNc2cc(C3CC3)nc(NC3CCCCC3)n2)c1. The molecular formula is C20H25ClN4. The van der Waals surface area contributed by atoms with Gasteiger partial charge in [-0.2, -0.15) is 4.98 Å². The number of halogens is 1. The molecule has 2 fully saturated rings. The first-order valence-electron chi connectivity index (χ1n) is 9.40. The van der Waals surface area contributed by atoms with Crippen LogP contribution < -0.4 is 10.6 Å². The third-order valence-corrected chi connectivity index (χ3v) is 5.28. The molecule has 1 aromatic carbocycles. The minimum Gasteiger partial charge on any atom is -0.366 e. The van der Waals surface area contributed by atoms with Gasteiger partial charge >= 0.3 is 0 Å². The number of hydrogen-bond donors (Lipinski definition) is 2. The van der Waals surface area contributed by atoms with E-state index < -0.39 is 0 Å². The molecule has 1 heterocycles. The second-order valence-corrected chi connectivity index (χ2v) is 7.68. The average Bonchev–Trinajstić information content (AvgIpc) is 3.46. The lowest BCUT2D eigenvalue weighted by molar-refractivity contribution is 0.460. The Balaban J connectivity index is 1.48. The van der Waals surface area contributed by atoms with E-state index in [1.807, 2.05) is 18.2 Å². The van der Waals surface area contributed by atoms with Gasteiger partial charge in [0.25, 0.3) is 0 Å². The molecule has 132 valence electrons. The molecule has 4 nitrogen and oxygen atoms in total. The lowest BCUT2D eigenvalue weighted by Crippen LogP contribution is -2.24. The molecule has 0 bridgehead atoms. The van der Waals surface area contributed by atoms with Crippen molar-refractivity contribution in [3.63, 3.8) is 0 Å². The van der Waals surface area contributed by atoms with E-state index in [1.54, 1.807) is 0 Å². The maximum Gasteiger partial charge on any atom is 0.225 e. The van der Waals surface area contributed by atoms with E-state index >= 15 is 0 Å². The van der Waals surface area contributed by atoms with Crippen LogP contribution in [-0.4, -0.2) is 16.0 Å². The molecule has 0 unspecified atom stereocenters. The van der Waals surface area contributed by atoms with Crippen LogP contribution in [0.1, 0.15) is 62.1 Å². The van der Waals surface area contributed by atoms with Gasteiger partial charge in [-0.15, -0.1) is 0 Å². The summed E-state index contributed by atoms with van der Waals surface area (Å²) in [5.74, 6) is 2.29. The number of rotatable bonds is 6. The van der Waals surface area contributed by atoms with Gasteiger partial charge in [-0.25, -0.2) is 4.98 Å². The predicted octanol–water partition coefficient (Wildman–Crippen LogP) is 5.36. The maximum atomic E-state index is 6.07. The van der Waals surface area contributed by atoms with Crippen LogP contribution in [0, 0.1) is 0 Å². The van der Waals surface area contributed by atoms with E-state index in [9.17, 15) is 0 Å². The molecule has 0 aliphatic heterocycles. The van der Waals surface area contributed by atoms with Gasteiger partial charge in [0, 0.05) is 29.6 Å². The summed E-state index contributed by atoms with van der Waals surface area (Å²) in [6, 6.07) is 10.6. The van der Waals surface area contributed by atoms with Crippen molar-refractivity contribution in [1.29, 1.82) is 0 Å². The normalized spacial score (nSPS) is 18.1. The zero-order chi connectivity index (χ0) is 17.1. The summed E-state index contributed by atoms with van der Waals surface area (Å²) in [4.78, 5) is 9.48. The number of aromatic nitrogens is 2. The standard InChI is InChI=1S/C20H25ClN4/c21-16-6-4-5-14(11-16)13-22-19-12-18(15-9-10-15)24-20(25-19)23-17-7-2-1-3-8-17/h4-6,11-12,15,17H,1-3,7-10,13H2,(H2,22,23,24,25). The van der Waals surface area contributed by atoms with Crippen molar-refractivity contribution in [2.45, 2.75) is 63.5 Å². The minimum atomic E-state index is 0.518. The molecule has 5 heteroatoms. The van der Waals surface area contributed by atoms with Gasteiger partial charge in [0.1, 0.15) is 5.82 Å². The van der Waals surface area contributed by atoms with Crippen LogP contribution in [0.15, 0.2) is 30.3 Å². The molecule has 0 radical (unpaired) electrons. The molecule has 25 heavy (non-hydrogen) atoms. The summed E-state index contributed by atoms with van der Waals surface area (Å²) >= 11 is 6.07. The zero-order valence-corrected chi connectivity index (χ0v) is 15.2. The van der Waals surface area contributed by atoms with Gasteiger partial charge in [-0.1, -0.05) is 43.0 Å². The van der Waals surface area contributed by atoms with Crippen LogP contribution in [0.4, 0.5) is 11.8 Å². The Morgan fingerprint density at radius 2 is 1.84 bits per heavy atom. The molecule has 0 saturated heterocycles. The Bertz CT molecular complexity index is 723. The second kappa shape index (κ2) is 7.61. The second-order valence-electron chi connectivity index (χ2n) is 7.24. The van der Waals surface area contributed by atoms with E-state index in [1.165, 1.54) is 50.6 Å². The highest BCUT2D eigenvalue weighted by Gasteiger charge is 2.26. The molecule has 2 N–H and O–H groups in total. The van der Waals surface area contributed by atoms with E-state index in [2.05, 4.69) is 22.8 Å². The van der Waals surface area contributed by atoms with Crippen molar-refractivity contribution in [2.75, 3.05) is 10.6 Å². The summed E-state index contributed by atoms with van der Waals surface area (Å²) in [5, 5.41) is 7.77. The van der Waals surface area contributed by atoms with Crippen molar-refractivity contribution in [3.05, 3.63) is 46.6 Å². The van der Waals surface area contributed by atoms with Crippen LogP contribution in [0.2, 0.25) is 5.02 Å². The lowest BCUT2D eigenvalue weighted by atomic mass is 9.96. The van der Waals surface area contributed by atoms with Gasteiger partial charge in [-0.3, -0.25) is 0 Å². The van der Waals surface area contributed by atoms with Gasteiger partial charge in [-0.05, 0) is 43.4 Å². The molecular weight excluding hydrogens is 332 g/mol. The topological polar surface area (TPSA) is 49.8 Å². The molecule has 0 amide bonds. The Morgan fingerprint density at radius 3 is 2.60 bits per heavy atom. The molecule has 2 aliphatic carbocycles. The molecule has 4 rings (SSSR count). The number of nitrogens with one attached hydrogen (secondary N) is 2. The largest absolute Gasteiger partial charge is 0.366 e. The molecule has 2 aliphatic rings. The number of anilines is 2. The van der Waals surface area contributed by atoms with Crippen molar-refractivity contribution in [3.8, 4) is 0 Å². The quantitative estimate of drug-likeness (QED) is 0.731. The predicted molar refractivity (Wildman–Crippen MR) is 103 cm³/mol. The fourth-order valence-electron chi connectivity index (χ4n) is 3.48. The monoisotopic (exact) mass is 356 g/mol. The third kappa shape index (κ3) is 4.63. The first-order chi connectivity index (χ1) is 12.3. The van der Waals surface area contributed by atoms with Crippen molar-refractivity contribution in [2.24, 2.45) is 0 Å². The van der Waals surface area contributed by atoms with Crippen molar-refractivity contribution in [1.82, 2.24) is 9.97 Å². The lowest BCUT2D eigenvalue weighted by Gasteiger charge is -2.23. The summed E-state index contributed by atoms with van der Waals surface area (Å²) in [5.41, 5.74) is 2.32. The first kappa shape index (κ1) is 16.6. The van der Waals surface area contributed by atoms with Gasteiger partial charge < -0.3 is 10.6 Å². The number of hydrogen-bond acceptors (Lipinski definition) is 4. The highest BCUT2D eigenvalue weighted by atomic mass is 35.5. The van der Waals surface area contributed by atoms with Crippen LogP contribution in [0.25, 0.3) is 0 Å². The summed E-state index contributed by atoms with van der Waals surface area (Å²) in [6.45, 7) is 0.713. The summed E-state index contributed by atoms with van der Waals surface area (Å²) in [7, 11) is 0. The highest BCUT2D eigenvalue weighted by Crippen LogP contribution is 2.40. The van der Waals surface area contributed by atoms with Crippen molar-refractivity contribution < 1.29 is 0 Å². The first-order valence-corrected chi connectivity index (χ1v) is 9.78. The van der Waals surface area contributed by atoms with Crippen LogP contribution in [-0.2, 0) is 6.54 Å². The number of benzene rings is 1. The third-order valence-electron chi connectivity index (χ3n) is 5.04. The fourth-order valence-corrected chi connectivity index (χ4v) is 3.69.